The van der Waals surface area contributed by atoms with E-state index in [0.717, 1.165) is 19.5 Å². The molecular formula is C20H43NO2. The second kappa shape index (κ2) is 14.2. The fourth-order valence-corrected chi connectivity index (χ4v) is 3.51. The van der Waals surface area contributed by atoms with Crippen molar-refractivity contribution in [1.29, 1.82) is 0 Å². The Hall–Kier alpha value is -0.120. The van der Waals surface area contributed by atoms with Crippen LogP contribution in [-0.2, 0) is 9.47 Å². The van der Waals surface area contributed by atoms with Crippen molar-refractivity contribution in [3.05, 3.63) is 0 Å². The van der Waals surface area contributed by atoms with Crippen LogP contribution in [0.2, 0.25) is 0 Å². The average Bonchev–Trinajstić information content (AvgIpc) is 2.58. The molecule has 0 saturated heterocycles. The van der Waals surface area contributed by atoms with E-state index in [1.165, 1.54) is 57.8 Å². The predicted octanol–water partition coefficient (Wildman–Crippen LogP) is 5.48. The molecule has 3 nitrogen and oxygen atoms in total. The first-order valence-corrected chi connectivity index (χ1v) is 9.88. The number of hydrogen-bond donors (Lipinski definition) is 0. The van der Waals surface area contributed by atoms with Crippen LogP contribution in [0.3, 0.4) is 0 Å². The summed E-state index contributed by atoms with van der Waals surface area (Å²) in [7, 11) is 5.81. The SMILES string of the molecule is CCCCCCCCC(CCCN(C)CC)C(CC)(OC)OC. The summed E-state index contributed by atoms with van der Waals surface area (Å²) >= 11 is 0. The molecule has 0 aromatic rings. The Morgan fingerprint density at radius 3 is 1.91 bits per heavy atom. The molecule has 0 saturated carbocycles. The predicted molar refractivity (Wildman–Crippen MR) is 101 cm³/mol. The van der Waals surface area contributed by atoms with Crippen LogP contribution >= 0.6 is 0 Å². The molecule has 23 heavy (non-hydrogen) atoms. The van der Waals surface area contributed by atoms with Crippen LogP contribution in [0.25, 0.3) is 0 Å². The molecular weight excluding hydrogens is 286 g/mol. The monoisotopic (exact) mass is 329 g/mol. The van der Waals surface area contributed by atoms with Gasteiger partial charge in [0.25, 0.3) is 0 Å². The minimum atomic E-state index is -0.395. The Morgan fingerprint density at radius 2 is 1.39 bits per heavy atom. The van der Waals surface area contributed by atoms with Gasteiger partial charge in [-0.3, -0.25) is 0 Å². The van der Waals surface area contributed by atoms with Gasteiger partial charge in [0.1, 0.15) is 0 Å². The summed E-state index contributed by atoms with van der Waals surface area (Å²) < 4.78 is 11.7. The van der Waals surface area contributed by atoms with Gasteiger partial charge in [0.05, 0.1) is 0 Å². The van der Waals surface area contributed by atoms with Gasteiger partial charge >= 0.3 is 0 Å². The van der Waals surface area contributed by atoms with E-state index < -0.39 is 5.79 Å². The zero-order chi connectivity index (χ0) is 17.6. The van der Waals surface area contributed by atoms with E-state index in [-0.39, 0.29) is 0 Å². The van der Waals surface area contributed by atoms with Crippen molar-refractivity contribution in [3.63, 3.8) is 0 Å². The van der Waals surface area contributed by atoms with Crippen LogP contribution in [0.15, 0.2) is 0 Å². The van der Waals surface area contributed by atoms with Crippen molar-refractivity contribution in [1.82, 2.24) is 4.90 Å². The third kappa shape index (κ3) is 9.07. The Balaban J connectivity index is 4.42. The van der Waals surface area contributed by atoms with Gasteiger partial charge in [0.15, 0.2) is 5.79 Å². The Bertz CT molecular complexity index is 246. The summed E-state index contributed by atoms with van der Waals surface area (Å²) in [6.45, 7) is 8.95. The van der Waals surface area contributed by atoms with E-state index >= 15 is 0 Å². The second-order valence-electron chi connectivity index (χ2n) is 6.87. The van der Waals surface area contributed by atoms with Crippen molar-refractivity contribution in [2.24, 2.45) is 5.92 Å². The van der Waals surface area contributed by atoms with Crippen LogP contribution < -0.4 is 0 Å². The lowest BCUT2D eigenvalue weighted by Gasteiger charge is -2.38. The fraction of sp³-hybridized carbons (Fsp3) is 1.00. The zero-order valence-corrected chi connectivity index (χ0v) is 16.8. The van der Waals surface area contributed by atoms with Crippen molar-refractivity contribution in [3.8, 4) is 0 Å². The number of hydrogen-bond acceptors (Lipinski definition) is 3. The zero-order valence-electron chi connectivity index (χ0n) is 16.8. The Kier molecular flexibility index (Phi) is 14.2. The maximum atomic E-state index is 5.84. The van der Waals surface area contributed by atoms with E-state index in [1.807, 2.05) is 0 Å². The molecule has 1 unspecified atom stereocenters. The molecule has 0 aromatic heterocycles. The molecule has 0 aliphatic heterocycles. The lowest BCUT2D eigenvalue weighted by molar-refractivity contribution is -0.244. The van der Waals surface area contributed by atoms with E-state index in [0.29, 0.717) is 5.92 Å². The molecule has 0 aliphatic carbocycles. The molecule has 1 atom stereocenters. The Labute approximate surface area is 146 Å². The lowest BCUT2D eigenvalue weighted by Crippen LogP contribution is -2.42. The van der Waals surface area contributed by atoms with Gasteiger partial charge in [0, 0.05) is 20.1 Å². The maximum absolute atomic E-state index is 5.84. The number of methoxy groups -OCH3 is 2. The smallest absolute Gasteiger partial charge is 0.170 e. The van der Waals surface area contributed by atoms with Crippen molar-refractivity contribution >= 4 is 0 Å². The average molecular weight is 330 g/mol. The van der Waals surface area contributed by atoms with Crippen LogP contribution in [-0.4, -0.2) is 45.0 Å². The van der Waals surface area contributed by atoms with E-state index in [4.69, 9.17) is 9.47 Å². The number of ether oxygens (including phenoxy) is 2. The normalized spacial score (nSPS) is 13.7. The molecule has 3 heteroatoms. The quantitative estimate of drug-likeness (QED) is 0.276. The minimum Gasteiger partial charge on any atom is -0.353 e. The number of unbranched alkanes of at least 4 members (excludes halogenated alkanes) is 5. The molecule has 0 radical (unpaired) electrons. The molecule has 0 rings (SSSR count). The molecule has 0 bridgehead atoms. The van der Waals surface area contributed by atoms with Crippen LogP contribution in [0.4, 0.5) is 0 Å². The highest BCUT2D eigenvalue weighted by Gasteiger charge is 2.36. The first kappa shape index (κ1) is 22.9. The van der Waals surface area contributed by atoms with E-state index in [2.05, 4.69) is 32.7 Å². The summed E-state index contributed by atoms with van der Waals surface area (Å²) in [4.78, 5) is 2.38. The standard InChI is InChI=1S/C20H43NO2/c1-7-10-11-12-13-14-16-19(17-15-18-21(4)9-3)20(8-2,22-5)23-6/h19H,7-18H2,1-6H3. The topological polar surface area (TPSA) is 21.7 Å². The highest BCUT2D eigenvalue weighted by molar-refractivity contribution is 4.79. The van der Waals surface area contributed by atoms with Crippen LogP contribution in [0.5, 0.6) is 0 Å². The summed E-state index contributed by atoms with van der Waals surface area (Å²) in [6, 6.07) is 0. The first-order chi connectivity index (χ1) is 11.1. The highest BCUT2D eigenvalue weighted by Crippen LogP contribution is 2.34. The summed E-state index contributed by atoms with van der Waals surface area (Å²) in [5.41, 5.74) is 0. The van der Waals surface area contributed by atoms with E-state index in [1.54, 1.807) is 14.2 Å². The third-order valence-electron chi connectivity index (χ3n) is 5.34. The van der Waals surface area contributed by atoms with Gasteiger partial charge in [-0.1, -0.05) is 59.3 Å². The first-order valence-electron chi connectivity index (χ1n) is 9.88. The Morgan fingerprint density at radius 1 is 0.826 bits per heavy atom. The van der Waals surface area contributed by atoms with Crippen molar-refractivity contribution in [2.75, 3.05) is 34.4 Å². The van der Waals surface area contributed by atoms with Crippen molar-refractivity contribution in [2.45, 2.75) is 90.8 Å². The van der Waals surface area contributed by atoms with Gasteiger partial charge in [0.2, 0.25) is 0 Å². The van der Waals surface area contributed by atoms with Gasteiger partial charge < -0.3 is 14.4 Å². The van der Waals surface area contributed by atoms with Gasteiger partial charge in [-0.2, -0.15) is 0 Å². The summed E-state index contributed by atoms with van der Waals surface area (Å²) in [5, 5.41) is 0. The minimum absolute atomic E-state index is 0.395. The van der Waals surface area contributed by atoms with Crippen molar-refractivity contribution < 1.29 is 9.47 Å². The highest BCUT2D eigenvalue weighted by atomic mass is 16.7. The largest absolute Gasteiger partial charge is 0.353 e. The van der Waals surface area contributed by atoms with E-state index in [9.17, 15) is 0 Å². The van der Waals surface area contributed by atoms with Gasteiger partial charge in [-0.25, -0.2) is 0 Å². The molecule has 0 amide bonds. The summed E-state index contributed by atoms with van der Waals surface area (Å²) in [5.74, 6) is 0.104. The molecule has 0 fully saturated rings. The molecule has 0 aromatic carbocycles. The molecule has 0 heterocycles. The lowest BCUT2D eigenvalue weighted by atomic mass is 9.86. The summed E-state index contributed by atoms with van der Waals surface area (Å²) in [6.07, 6.45) is 12.6. The second-order valence-corrected chi connectivity index (χ2v) is 6.87. The number of nitrogens with zero attached hydrogens (tertiary/aromatic N) is 1. The number of rotatable bonds is 16. The maximum Gasteiger partial charge on any atom is 0.170 e. The van der Waals surface area contributed by atoms with Gasteiger partial charge in [-0.15, -0.1) is 0 Å². The molecule has 0 spiro atoms. The van der Waals surface area contributed by atoms with Crippen LogP contribution in [0.1, 0.15) is 85.0 Å². The molecule has 140 valence electrons. The molecule has 0 aliphatic rings. The molecule has 0 N–H and O–H groups in total. The van der Waals surface area contributed by atoms with Gasteiger partial charge in [-0.05, 0) is 45.8 Å². The van der Waals surface area contributed by atoms with Crippen LogP contribution in [0, 0.1) is 5.92 Å². The third-order valence-corrected chi connectivity index (χ3v) is 5.34. The fourth-order valence-electron chi connectivity index (χ4n) is 3.51.